The summed E-state index contributed by atoms with van der Waals surface area (Å²) in [6, 6.07) is 8.19. The van der Waals surface area contributed by atoms with E-state index in [0.717, 1.165) is 22.8 Å². The van der Waals surface area contributed by atoms with Gasteiger partial charge in [0, 0.05) is 11.3 Å². The molecule has 5 heteroatoms. The molecule has 4 nitrogen and oxygen atoms in total. The van der Waals surface area contributed by atoms with Gasteiger partial charge in [-0.2, -0.15) is 0 Å². The molecule has 2 heterocycles. The second-order valence-electron chi connectivity index (χ2n) is 4.62. The van der Waals surface area contributed by atoms with Crippen LogP contribution in [-0.2, 0) is 0 Å². The van der Waals surface area contributed by atoms with Gasteiger partial charge in [0.25, 0.3) is 0 Å². The minimum Gasteiger partial charge on any atom is -0.275 e. The second kappa shape index (κ2) is 4.31. The van der Waals surface area contributed by atoms with Gasteiger partial charge in [-0.15, -0.1) is 10.2 Å². The predicted octanol–water partition coefficient (Wildman–Crippen LogP) is 3.37. The average Bonchev–Trinajstić information content (AvgIpc) is 2.82. The molecule has 0 bridgehead atoms. The zero-order valence-corrected chi connectivity index (χ0v) is 11.7. The van der Waals surface area contributed by atoms with Crippen molar-refractivity contribution in [1.82, 2.24) is 19.6 Å². The van der Waals surface area contributed by atoms with E-state index in [4.69, 9.17) is 11.6 Å². The highest BCUT2D eigenvalue weighted by Gasteiger charge is 2.15. The standard InChI is InChI=1S/C14H13ClN4/c1-8-4-6-11(7-5-8)13-17-18-14-12(15)16-9(2)10(3)19(13)14/h4-7H,1-3H3. The summed E-state index contributed by atoms with van der Waals surface area (Å²) in [5, 5.41) is 8.77. The van der Waals surface area contributed by atoms with Crippen molar-refractivity contribution in [3.8, 4) is 11.4 Å². The number of benzene rings is 1. The summed E-state index contributed by atoms with van der Waals surface area (Å²) in [5.74, 6) is 0.792. The van der Waals surface area contributed by atoms with Crippen molar-refractivity contribution in [2.24, 2.45) is 0 Å². The number of rotatable bonds is 1. The van der Waals surface area contributed by atoms with Gasteiger partial charge in [0.05, 0.1) is 5.69 Å². The molecular weight excluding hydrogens is 260 g/mol. The molecule has 0 amide bonds. The summed E-state index contributed by atoms with van der Waals surface area (Å²) in [4.78, 5) is 4.26. The van der Waals surface area contributed by atoms with Gasteiger partial charge in [-0.25, -0.2) is 4.98 Å². The monoisotopic (exact) mass is 272 g/mol. The SMILES string of the molecule is Cc1ccc(-c2nnc3c(Cl)nc(C)c(C)n23)cc1. The third kappa shape index (κ3) is 1.88. The fourth-order valence-corrected chi connectivity index (χ4v) is 2.31. The lowest BCUT2D eigenvalue weighted by Gasteiger charge is -2.07. The molecule has 0 spiro atoms. The molecule has 1 aromatic carbocycles. The molecule has 96 valence electrons. The van der Waals surface area contributed by atoms with Gasteiger partial charge < -0.3 is 0 Å². The molecule has 0 aliphatic rings. The Balaban J connectivity index is 2.34. The summed E-state index contributed by atoms with van der Waals surface area (Å²) in [5.41, 5.74) is 4.71. The number of halogens is 1. The van der Waals surface area contributed by atoms with Crippen LogP contribution in [0.25, 0.3) is 17.0 Å². The summed E-state index contributed by atoms with van der Waals surface area (Å²) in [6.07, 6.45) is 0. The molecule has 0 saturated carbocycles. The first-order valence-electron chi connectivity index (χ1n) is 6.03. The number of aryl methyl sites for hydroxylation is 3. The molecule has 0 N–H and O–H groups in total. The largest absolute Gasteiger partial charge is 0.275 e. The zero-order valence-electron chi connectivity index (χ0n) is 11.0. The van der Waals surface area contributed by atoms with Gasteiger partial charge in [0.15, 0.2) is 16.6 Å². The van der Waals surface area contributed by atoms with E-state index in [2.05, 4.69) is 34.2 Å². The summed E-state index contributed by atoms with van der Waals surface area (Å²) < 4.78 is 1.95. The van der Waals surface area contributed by atoms with Crippen LogP contribution in [0.2, 0.25) is 5.15 Å². The van der Waals surface area contributed by atoms with Gasteiger partial charge in [-0.3, -0.25) is 4.40 Å². The Morgan fingerprint density at radius 1 is 1.00 bits per heavy atom. The fourth-order valence-electron chi connectivity index (χ4n) is 2.07. The van der Waals surface area contributed by atoms with E-state index in [0.29, 0.717) is 10.8 Å². The lowest BCUT2D eigenvalue weighted by Crippen LogP contribution is -2.00. The molecule has 3 rings (SSSR count). The van der Waals surface area contributed by atoms with E-state index in [-0.39, 0.29) is 0 Å². The topological polar surface area (TPSA) is 43.1 Å². The van der Waals surface area contributed by atoms with Gasteiger partial charge in [0.2, 0.25) is 0 Å². The van der Waals surface area contributed by atoms with Crippen LogP contribution in [0.5, 0.6) is 0 Å². The maximum absolute atomic E-state index is 6.13. The number of aromatic nitrogens is 4. The van der Waals surface area contributed by atoms with Crippen molar-refractivity contribution in [3.05, 3.63) is 46.4 Å². The normalized spacial score (nSPS) is 11.2. The first kappa shape index (κ1) is 12.1. The van der Waals surface area contributed by atoms with Crippen LogP contribution in [0.15, 0.2) is 24.3 Å². The number of nitrogens with zero attached hydrogens (tertiary/aromatic N) is 4. The quantitative estimate of drug-likeness (QED) is 0.682. The van der Waals surface area contributed by atoms with Crippen molar-refractivity contribution < 1.29 is 0 Å². The minimum atomic E-state index is 0.383. The van der Waals surface area contributed by atoms with Gasteiger partial charge in [-0.1, -0.05) is 41.4 Å². The maximum Gasteiger partial charge on any atom is 0.199 e. The highest BCUT2D eigenvalue weighted by molar-refractivity contribution is 6.32. The molecule has 19 heavy (non-hydrogen) atoms. The van der Waals surface area contributed by atoms with Crippen LogP contribution >= 0.6 is 11.6 Å². The van der Waals surface area contributed by atoms with Crippen molar-refractivity contribution in [2.45, 2.75) is 20.8 Å². The Morgan fingerprint density at radius 2 is 1.68 bits per heavy atom. The lowest BCUT2D eigenvalue weighted by molar-refractivity contribution is 1.000. The van der Waals surface area contributed by atoms with Crippen LogP contribution < -0.4 is 0 Å². The maximum atomic E-state index is 6.13. The predicted molar refractivity (Wildman–Crippen MR) is 75.4 cm³/mol. The molecule has 0 atom stereocenters. The van der Waals surface area contributed by atoms with Gasteiger partial charge >= 0.3 is 0 Å². The Morgan fingerprint density at radius 3 is 2.37 bits per heavy atom. The molecule has 0 aliphatic heterocycles. The second-order valence-corrected chi connectivity index (χ2v) is 4.98. The van der Waals surface area contributed by atoms with Crippen molar-refractivity contribution in [2.75, 3.05) is 0 Å². The Kier molecular flexibility index (Phi) is 2.75. The van der Waals surface area contributed by atoms with E-state index in [1.165, 1.54) is 5.56 Å². The van der Waals surface area contributed by atoms with Crippen LogP contribution in [0.1, 0.15) is 17.0 Å². The molecule has 0 fully saturated rings. The van der Waals surface area contributed by atoms with Gasteiger partial charge in [-0.05, 0) is 20.8 Å². The third-order valence-corrected chi connectivity index (χ3v) is 3.54. The number of hydrogen-bond acceptors (Lipinski definition) is 3. The number of fused-ring (bicyclic) bond motifs is 1. The Labute approximate surface area is 116 Å². The fraction of sp³-hybridized carbons (Fsp3) is 0.214. The minimum absolute atomic E-state index is 0.383. The smallest absolute Gasteiger partial charge is 0.199 e. The van der Waals surface area contributed by atoms with Crippen LogP contribution in [-0.4, -0.2) is 19.6 Å². The molecule has 0 unspecified atom stereocenters. The zero-order chi connectivity index (χ0) is 13.6. The molecule has 3 aromatic rings. The summed E-state index contributed by atoms with van der Waals surface area (Å²) >= 11 is 6.13. The molecule has 0 aliphatic carbocycles. The van der Waals surface area contributed by atoms with Crippen LogP contribution in [0.4, 0.5) is 0 Å². The number of hydrogen-bond donors (Lipinski definition) is 0. The molecule has 2 aromatic heterocycles. The van der Waals surface area contributed by atoms with E-state index < -0.39 is 0 Å². The van der Waals surface area contributed by atoms with Crippen molar-refractivity contribution in [3.63, 3.8) is 0 Å². The highest BCUT2D eigenvalue weighted by atomic mass is 35.5. The van der Waals surface area contributed by atoms with Crippen molar-refractivity contribution in [1.29, 1.82) is 0 Å². The lowest BCUT2D eigenvalue weighted by atomic mass is 10.1. The van der Waals surface area contributed by atoms with Crippen LogP contribution in [0, 0.1) is 20.8 Å². The Bertz CT molecular complexity index is 759. The van der Waals surface area contributed by atoms with E-state index in [9.17, 15) is 0 Å². The van der Waals surface area contributed by atoms with Crippen LogP contribution in [0.3, 0.4) is 0 Å². The van der Waals surface area contributed by atoms with E-state index in [1.54, 1.807) is 0 Å². The summed E-state index contributed by atoms with van der Waals surface area (Å²) in [6.45, 7) is 5.98. The third-order valence-electron chi connectivity index (χ3n) is 3.28. The average molecular weight is 273 g/mol. The molecular formula is C14H13ClN4. The highest BCUT2D eigenvalue weighted by Crippen LogP contribution is 2.24. The van der Waals surface area contributed by atoms with E-state index in [1.807, 2.05) is 30.4 Å². The van der Waals surface area contributed by atoms with Gasteiger partial charge in [0.1, 0.15) is 0 Å². The Hall–Kier alpha value is -1.94. The molecule has 0 radical (unpaired) electrons. The molecule has 0 saturated heterocycles. The first-order valence-corrected chi connectivity index (χ1v) is 6.40. The summed E-state index contributed by atoms with van der Waals surface area (Å²) in [7, 11) is 0. The first-order chi connectivity index (χ1) is 9.08. The van der Waals surface area contributed by atoms with Crippen molar-refractivity contribution >= 4 is 17.2 Å². The van der Waals surface area contributed by atoms with E-state index >= 15 is 0 Å².